The fourth-order valence-electron chi connectivity index (χ4n) is 2.90. The number of nitrogens with zero attached hydrogens (tertiary/aromatic N) is 1. The first-order valence-corrected chi connectivity index (χ1v) is 7.29. The fourth-order valence-corrected chi connectivity index (χ4v) is 2.90. The van der Waals surface area contributed by atoms with Gasteiger partial charge in [0, 0.05) is 18.5 Å². The van der Waals surface area contributed by atoms with Crippen LogP contribution in [0.1, 0.15) is 13.3 Å². The molecule has 0 radical (unpaired) electrons. The summed E-state index contributed by atoms with van der Waals surface area (Å²) in [6.07, 6.45) is 0.577. The summed E-state index contributed by atoms with van der Waals surface area (Å²) in [5, 5.41) is 4.89. The summed E-state index contributed by atoms with van der Waals surface area (Å²) in [5.41, 5.74) is 0.893. The summed E-state index contributed by atoms with van der Waals surface area (Å²) in [5.74, 6) is -0.813. The summed E-state index contributed by atoms with van der Waals surface area (Å²) in [6.45, 7) is 3.01. The van der Waals surface area contributed by atoms with E-state index in [1.54, 1.807) is 4.90 Å². The van der Waals surface area contributed by atoms with Gasteiger partial charge in [-0.05, 0) is 24.8 Å². The second-order valence-electron chi connectivity index (χ2n) is 5.22. The lowest BCUT2D eigenvalue weighted by Crippen LogP contribution is -2.36. The van der Waals surface area contributed by atoms with Gasteiger partial charge in [-0.25, -0.2) is 0 Å². The molecule has 2 aromatic carbocycles. The van der Waals surface area contributed by atoms with Gasteiger partial charge >= 0.3 is 0 Å². The van der Waals surface area contributed by atoms with Crippen molar-refractivity contribution in [3.05, 3.63) is 42.5 Å². The van der Waals surface area contributed by atoms with E-state index in [0.29, 0.717) is 19.5 Å². The van der Waals surface area contributed by atoms with E-state index >= 15 is 0 Å². The number of anilines is 1. The Morgan fingerprint density at radius 1 is 1.24 bits per heavy atom. The Balaban J connectivity index is 1.94. The third-order valence-electron chi connectivity index (χ3n) is 3.93. The second-order valence-corrected chi connectivity index (χ2v) is 5.22. The van der Waals surface area contributed by atoms with Crippen molar-refractivity contribution in [2.45, 2.75) is 13.3 Å². The molecule has 108 valence electrons. The van der Waals surface area contributed by atoms with Gasteiger partial charge in [0.2, 0.25) is 11.8 Å². The maximum absolute atomic E-state index is 12.5. The summed E-state index contributed by atoms with van der Waals surface area (Å²) in [6, 6.07) is 13.9. The van der Waals surface area contributed by atoms with Gasteiger partial charge in [-0.1, -0.05) is 36.4 Å². The molecule has 1 aliphatic heterocycles. The molecule has 21 heavy (non-hydrogen) atoms. The molecular formula is C17H18N2O2. The zero-order chi connectivity index (χ0) is 14.8. The van der Waals surface area contributed by atoms with E-state index in [0.717, 1.165) is 16.5 Å². The Kier molecular flexibility index (Phi) is 3.60. The van der Waals surface area contributed by atoms with Gasteiger partial charge in [0.1, 0.15) is 5.92 Å². The number of fused-ring (bicyclic) bond motifs is 1. The maximum Gasteiger partial charge on any atom is 0.239 e. The highest BCUT2D eigenvalue weighted by atomic mass is 16.2. The van der Waals surface area contributed by atoms with Crippen molar-refractivity contribution in [1.82, 2.24) is 5.32 Å². The molecular weight excluding hydrogens is 264 g/mol. The van der Waals surface area contributed by atoms with Crippen molar-refractivity contribution < 1.29 is 9.59 Å². The van der Waals surface area contributed by atoms with Crippen LogP contribution in [0.15, 0.2) is 42.5 Å². The van der Waals surface area contributed by atoms with Gasteiger partial charge in [-0.15, -0.1) is 0 Å². The molecule has 1 N–H and O–H groups in total. The highest BCUT2D eigenvalue weighted by molar-refractivity contribution is 6.12. The Morgan fingerprint density at radius 3 is 2.81 bits per heavy atom. The van der Waals surface area contributed by atoms with Gasteiger partial charge in [-0.2, -0.15) is 0 Å². The first-order valence-electron chi connectivity index (χ1n) is 7.29. The molecule has 0 spiro atoms. The molecule has 2 amide bonds. The Morgan fingerprint density at radius 2 is 2.00 bits per heavy atom. The van der Waals surface area contributed by atoms with E-state index in [4.69, 9.17) is 0 Å². The number of carbonyl (C=O) groups excluding carboxylic acids is 2. The lowest BCUT2D eigenvalue weighted by molar-refractivity contribution is -0.132. The standard InChI is InChI=1S/C17H18N2O2/c1-2-18-16(20)14-10-11-19(17(14)21)15-9-5-7-12-6-3-4-8-13(12)15/h3-9,14H,2,10-11H2,1H3,(H,18,20)/t14-/m1/s1. The van der Waals surface area contributed by atoms with Gasteiger partial charge in [-0.3, -0.25) is 9.59 Å². The number of benzene rings is 2. The number of hydrogen-bond acceptors (Lipinski definition) is 2. The van der Waals surface area contributed by atoms with Crippen LogP contribution in [0.4, 0.5) is 5.69 Å². The highest BCUT2D eigenvalue weighted by Crippen LogP contribution is 2.31. The van der Waals surface area contributed by atoms with E-state index < -0.39 is 5.92 Å². The summed E-state index contributed by atoms with van der Waals surface area (Å²) < 4.78 is 0. The monoisotopic (exact) mass is 282 g/mol. The molecule has 0 saturated carbocycles. The lowest BCUT2D eigenvalue weighted by atomic mass is 10.1. The van der Waals surface area contributed by atoms with Crippen LogP contribution in [0.3, 0.4) is 0 Å². The number of hydrogen-bond donors (Lipinski definition) is 1. The molecule has 2 aromatic rings. The molecule has 1 heterocycles. The van der Waals surface area contributed by atoms with Gasteiger partial charge < -0.3 is 10.2 Å². The molecule has 1 fully saturated rings. The molecule has 0 aromatic heterocycles. The van der Waals surface area contributed by atoms with Crippen LogP contribution in [0.2, 0.25) is 0 Å². The van der Waals surface area contributed by atoms with Crippen molar-refractivity contribution in [2.75, 3.05) is 18.0 Å². The predicted molar refractivity (Wildman–Crippen MR) is 83.1 cm³/mol. The van der Waals surface area contributed by atoms with Gasteiger partial charge in [0.05, 0.1) is 5.69 Å². The molecule has 1 atom stereocenters. The number of rotatable bonds is 3. The van der Waals surface area contributed by atoms with Crippen LogP contribution in [0.5, 0.6) is 0 Å². The van der Waals surface area contributed by atoms with Crippen molar-refractivity contribution in [3.63, 3.8) is 0 Å². The molecule has 0 unspecified atom stereocenters. The maximum atomic E-state index is 12.5. The fraction of sp³-hybridized carbons (Fsp3) is 0.294. The van der Waals surface area contributed by atoms with Crippen LogP contribution in [-0.4, -0.2) is 24.9 Å². The zero-order valence-corrected chi connectivity index (χ0v) is 12.0. The Bertz CT molecular complexity index is 691. The number of carbonyl (C=O) groups is 2. The van der Waals surface area contributed by atoms with E-state index in [1.807, 2.05) is 49.4 Å². The normalized spacial score (nSPS) is 18.2. The summed E-state index contributed by atoms with van der Waals surface area (Å²) in [7, 11) is 0. The smallest absolute Gasteiger partial charge is 0.239 e. The van der Waals surface area contributed by atoms with E-state index in [1.165, 1.54) is 0 Å². The zero-order valence-electron chi connectivity index (χ0n) is 12.0. The quantitative estimate of drug-likeness (QED) is 0.878. The molecule has 4 heteroatoms. The highest BCUT2D eigenvalue weighted by Gasteiger charge is 2.37. The van der Waals surface area contributed by atoms with Crippen LogP contribution in [0.25, 0.3) is 10.8 Å². The molecule has 3 rings (SSSR count). The number of nitrogens with one attached hydrogen (secondary N) is 1. The molecule has 0 bridgehead atoms. The minimum absolute atomic E-state index is 0.0997. The topological polar surface area (TPSA) is 49.4 Å². The molecule has 0 aliphatic carbocycles. The Labute approximate surface area is 123 Å². The second kappa shape index (κ2) is 5.56. The third kappa shape index (κ3) is 2.37. The largest absolute Gasteiger partial charge is 0.356 e. The SMILES string of the molecule is CCNC(=O)[C@H]1CCN(c2cccc3ccccc23)C1=O. The van der Waals surface area contributed by atoms with Gasteiger partial charge in [0.15, 0.2) is 0 Å². The molecule has 1 saturated heterocycles. The van der Waals surface area contributed by atoms with Crippen LogP contribution in [-0.2, 0) is 9.59 Å². The first-order chi connectivity index (χ1) is 10.2. The molecule has 1 aliphatic rings. The van der Waals surface area contributed by atoms with Crippen molar-refractivity contribution in [2.24, 2.45) is 5.92 Å². The predicted octanol–water partition coefficient (Wildman–Crippen LogP) is 2.33. The van der Waals surface area contributed by atoms with Crippen LogP contribution >= 0.6 is 0 Å². The van der Waals surface area contributed by atoms with Crippen LogP contribution in [0, 0.1) is 5.92 Å². The van der Waals surface area contributed by atoms with Gasteiger partial charge in [0.25, 0.3) is 0 Å². The summed E-state index contributed by atoms with van der Waals surface area (Å²) >= 11 is 0. The molecule has 4 nitrogen and oxygen atoms in total. The van der Waals surface area contributed by atoms with E-state index in [2.05, 4.69) is 5.32 Å². The van der Waals surface area contributed by atoms with E-state index in [-0.39, 0.29) is 11.8 Å². The average molecular weight is 282 g/mol. The minimum Gasteiger partial charge on any atom is -0.356 e. The Hall–Kier alpha value is -2.36. The average Bonchev–Trinajstić information content (AvgIpc) is 2.88. The first kappa shape index (κ1) is 13.6. The van der Waals surface area contributed by atoms with Crippen molar-refractivity contribution in [1.29, 1.82) is 0 Å². The van der Waals surface area contributed by atoms with Crippen molar-refractivity contribution >= 4 is 28.3 Å². The summed E-state index contributed by atoms with van der Waals surface area (Å²) in [4.78, 5) is 26.2. The minimum atomic E-state index is -0.552. The lowest BCUT2D eigenvalue weighted by Gasteiger charge is -2.19. The van der Waals surface area contributed by atoms with Crippen LogP contribution < -0.4 is 10.2 Å². The van der Waals surface area contributed by atoms with E-state index in [9.17, 15) is 9.59 Å². The van der Waals surface area contributed by atoms with Crippen molar-refractivity contribution in [3.8, 4) is 0 Å². The third-order valence-corrected chi connectivity index (χ3v) is 3.93. The number of amides is 2.